The van der Waals surface area contributed by atoms with E-state index >= 15 is 0 Å². The van der Waals surface area contributed by atoms with Crippen molar-refractivity contribution in [1.29, 1.82) is 0 Å². The molecule has 2 aromatic carbocycles. The first-order valence-electron chi connectivity index (χ1n) is 8.89. The lowest BCUT2D eigenvalue weighted by atomic mass is 10.1. The van der Waals surface area contributed by atoms with Crippen LogP contribution in [0.3, 0.4) is 0 Å². The molecule has 0 atom stereocenters. The maximum atomic E-state index is 13.7. The molecule has 2 aromatic rings. The summed E-state index contributed by atoms with van der Waals surface area (Å²) in [6, 6.07) is 4.59. The number of hydrogen-bond donors (Lipinski definition) is 1. The number of rotatable bonds is 7. The first-order chi connectivity index (χ1) is 15.0. The Kier molecular flexibility index (Phi) is 7.85. The van der Waals surface area contributed by atoms with Crippen molar-refractivity contribution in [2.45, 2.75) is 19.0 Å². The fourth-order valence-corrected chi connectivity index (χ4v) is 2.47. The van der Waals surface area contributed by atoms with E-state index in [0.29, 0.717) is 18.4 Å². The normalized spacial score (nSPS) is 12.3. The largest absolute Gasteiger partial charge is 0.503 e. The van der Waals surface area contributed by atoms with E-state index in [9.17, 15) is 35.5 Å². The van der Waals surface area contributed by atoms with Crippen molar-refractivity contribution in [2.75, 3.05) is 0 Å². The summed E-state index contributed by atoms with van der Waals surface area (Å²) >= 11 is 0. The van der Waals surface area contributed by atoms with Gasteiger partial charge in [-0.15, -0.1) is 0 Å². The SMILES string of the molecule is C=C/C(=C\C=C\CCc1ccc(C(F)(F)F)cc1)OC(=O)c1c(F)c(F)c(O)c(F)c1F. The number of phenols is 1. The number of carbonyl (C=O) groups excluding carboxylic acids is 1. The second-order valence-corrected chi connectivity index (χ2v) is 6.30. The lowest BCUT2D eigenvalue weighted by molar-refractivity contribution is -0.137. The van der Waals surface area contributed by atoms with E-state index in [1.54, 1.807) is 6.08 Å². The third-order valence-corrected chi connectivity index (χ3v) is 4.13. The quantitative estimate of drug-likeness (QED) is 0.171. The average Bonchev–Trinajstić information content (AvgIpc) is 2.75. The summed E-state index contributed by atoms with van der Waals surface area (Å²) in [6.45, 7) is 3.33. The third-order valence-electron chi connectivity index (χ3n) is 4.13. The number of phenolic OH excluding ortho intramolecular Hbond substituents is 1. The van der Waals surface area contributed by atoms with Gasteiger partial charge in [-0.05, 0) is 42.7 Å². The number of aryl methyl sites for hydroxylation is 1. The van der Waals surface area contributed by atoms with Gasteiger partial charge in [-0.1, -0.05) is 30.9 Å². The highest BCUT2D eigenvalue weighted by molar-refractivity contribution is 5.91. The number of aromatic hydroxyl groups is 1. The minimum atomic E-state index is -4.43. The van der Waals surface area contributed by atoms with Crippen LogP contribution in [0.15, 0.2) is 60.9 Å². The van der Waals surface area contributed by atoms with Crippen LogP contribution in [0.2, 0.25) is 0 Å². The van der Waals surface area contributed by atoms with E-state index in [1.807, 2.05) is 0 Å². The van der Waals surface area contributed by atoms with Crippen molar-refractivity contribution in [3.63, 3.8) is 0 Å². The molecule has 0 radical (unpaired) electrons. The van der Waals surface area contributed by atoms with Crippen LogP contribution in [0.5, 0.6) is 5.75 Å². The number of ether oxygens (including phenoxy) is 1. The Morgan fingerprint density at radius 1 is 1.00 bits per heavy atom. The Hall–Kier alpha value is -3.56. The Labute approximate surface area is 177 Å². The molecule has 0 spiro atoms. The molecule has 0 saturated carbocycles. The molecule has 0 aliphatic rings. The second-order valence-electron chi connectivity index (χ2n) is 6.30. The number of esters is 1. The molecule has 0 unspecified atom stereocenters. The maximum Gasteiger partial charge on any atom is 0.416 e. The second kappa shape index (κ2) is 10.2. The molecule has 3 nitrogen and oxygen atoms in total. The van der Waals surface area contributed by atoms with Gasteiger partial charge >= 0.3 is 12.1 Å². The molecular weight excluding hydrogens is 445 g/mol. The molecule has 0 aliphatic carbocycles. The number of allylic oxidation sites excluding steroid dienone is 4. The van der Waals surface area contributed by atoms with E-state index in [0.717, 1.165) is 18.2 Å². The monoisotopic (exact) mass is 460 g/mol. The highest BCUT2D eigenvalue weighted by atomic mass is 19.4. The molecule has 0 saturated heterocycles. The van der Waals surface area contributed by atoms with Gasteiger partial charge in [-0.3, -0.25) is 0 Å². The fraction of sp³-hybridized carbons (Fsp3) is 0.136. The van der Waals surface area contributed by atoms with Gasteiger partial charge in [0.25, 0.3) is 0 Å². The summed E-state index contributed by atoms with van der Waals surface area (Å²) in [5.41, 5.74) is -1.79. The lowest BCUT2D eigenvalue weighted by Gasteiger charge is -2.09. The lowest BCUT2D eigenvalue weighted by Crippen LogP contribution is -2.13. The summed E-state index contributed by atoms with van der Waals surface area (Å²) in [5.74, 6) is -12.5. The zero-order valence-electron chi connectivity index (χ0n) is 16.1. The molecule has 0 aliphatic heterocycles. The first kappa shape index (κ1) is 24.7. The topological polar surface area (TPSA) is 46.5 Å². The van der Waals surface area contributed by atoms with Crippen LogP contribution < -0.4 is 0 Å². The number of alkyl halides is 3. The van der Waals surface area contributed by atoms with Crippen LogP contribution in [-0.4, -0.2) is 11.1 Å². The molecular formula is C22H15F7O3. The van der Waals surface area contributed by atoms with Crippen LogP contribution >= 0.6 is 0 Å². The predicted molar refractivity (Wildman–Crippen MR) is 101 cm³/mol. The van der Waals surface area contributed by atoms with Gasteiger partial charge in [-0.25, -0.2) is 13.6 Å². The minimum Gasteiger partial charge on any atom is -0.503 e. The van der Waals surface area contributed by atoms with Crippen molar-refractivity contribution in [3.8, 4) is 5.75 Å². The zero-order chi connectivity index (χ0) is 24.1. The molecule has 10 heteroatoms. The summed E-state index contributed by atoms with van der Waals surface area (Å²) in [5, 5.41) is 8.93. The highest BCUT2D eigenvalue weighted by Gasteiger charge is 2.31. The Balaban J connectivity index is 2.03. The van der Waals surface area contributed by atoms with Crippen LogP contribution in [0, 0.1) is 23.3 Å². The standard InChI is InChI=1S/C22H15F7O3/c1-2-14(32-21(31)15-16(23)18(25)20(30)19(26)17(15)24)7-5-3-4-6-12-8-10-13(11-9-12)22(27,28)29/h2-3,5,7-11,30H,1,4,6H2/b5-3+,14-7+. The first-order valence-corrected chi connectivity index (χ1v) is 8.89. The maximum absolute atomic E-state index is 13.7. The summed E-state index contributed by atoms with van der Waals surface area (Å²) in [7, 11) is 0. The van der Waals surface area contributed by atoms with Gasteiger partial charge in [0.2, 0.25) is 11.6 Å². The Bertz CT molecular complexity index is 1040. The minimum absolute atomic E-state index is 0.312. The van der Waals surface area contributed by atoms with E-state index in [-0.39, 0.29) is 5.76 Å². The van der Waals surface area contributed by atoms with Crippen molar-refractivity contribution in [1.82, 2.24) is 0 Å². The van der Waals surface area contributed by atoms with Crippen molar-refractivity contribution >= 4 is 5.97 Å². The van der Waals surface area contributed by atoms with Gasteiger partial charge in [0.1, 0.15) is 11.3 Å². The van der Waals surface area contributed by atoms with Crippen LogP contribution in [0.4, 0.5) is 30.7 Å². The summed E-state index contributed by atoms with van der Waals surface area (Å²) in [4.78, 5) is 11.9. The molecule has 1 N–H and O–H groups in total. The van der Waals surface area contributed by atoms with E-state index in [2.05, 4.69) is 11.3 Å². The third kappa shape index (κ3) is 5.77. The Morgan fingerprint density at radius 3 is 2.06 bits per heavy atom. The average molecular weight is 460 g/mol. The number of benzene rings is 2. The van der Waals surface area contributed by atoms with E-state index in [4.69, 9.17) is 5.11 Å². The van der Waals surface area contributed by atoms with Gasteiger partial charge < -0.3 is 9.84 Å². The van der Waals surface area contributed by atoms with Gasteiger partial charge in [-0.2, -0.15) is 22.0 Å². The van der Waals surface area contributed by atoms with Gasteiger partial charge in [0.15, 0.2) is 17.4 Å². The van der Waals surface area contributed by atoms with Gasteiger partial charge in [0, 0.05) is 0 Å². The van der Waals surface area contributed by atoms with Crippen molar-refractivity contribution < 1.29 is 45.4 Å². The molecule has 0 aromatic heterocycles. The molecule has 0 heterocycles. The van der Waals surface area contributed by atoms with Gasteiger partial charge in [0.05, 0.1) is 5.56 Å². The van der Waals surface area contributed by atoms with Crippen molar-refractivity contribution in [3.05, 3.63) is 101 Å². The summed E-state index contributed by atoms with van der Waals surface area (Å²) in [6.07, 6.45) is 1.45. The highest BCUT2D eigenvalue weighted by Crippen LogP contribution is 2.30. The van der Waals surface area contributed by atoms with E-state index in [1.165, 1.54) is 24.3 Å². The molecule has 32 heavy (non-hydrogen) atoms. The Morgan fingerprint density at radius 2 is 1.56 bits per heavy atom. The van der Waals surface area contributed by atoms with Crippen molar-refractivity contribution in [2.24, 2.45) is 0 Å². The summed E-state index contributed by atoms with van der Waals surface area (Å²) < 4.78 is 96.5. The van der Waals surface area contributed by atoms with E-state index < -0.39 is 52.3 Å². The smallest absolute Gasteiger partial charge is 0.416 e. The van der Waals surface area contributed by atoms with Crippen LogP contribution in [0.1, 0.15) is 27.9 Å². The molecule has 2 rings (SSSR count). The number of halogens is 7. The molecule has 170 valence electrons. The van der Waals surface area contributed by atoms with Crippen LogP contribution in [0.25, 0.3) is 0 Å². The molecule has 0 fully saturated rings. The number of hydrogen-bond acceptors (Lipinski definition) is 3. The fourth-order valence-electron chi connectivity index (χ4n) is 2.47. The molecule has 0 bridgehead atoms. The molecule has 0 amide bonds. The zero-order valence-corrected chi connectivity index (χ0v) is 16.1. The predicted octanol–water partition coefficient (Wildman–Crippen LogP) is 6.38. The number of carbonyl (C=O) groups is 1. The van der Waals surface area contributed by atoms with Crippen LogP contribution in [-0.2, 0) is 17.3 Å².